The minimum absolute atomic E-state index is 0.680. The standard InChI is InChI=1S/C21H28N4/c1-24(15-19-8-2-3-11-23-19)21-9-4-7-18-14-25(16-20(18)21)13-17-6-5-10-22-12-17/h2-3,5-6,8,10-12,18,20-21H,4,7,9,13-16H2,1H3/t18-,20+,21-/m1/s1. The van der Waals surface area contributed by atoms with Crippen molar-refractivity contribution >= 4 is 0 Å². The molecule has 0 N–H and O–H groups in total. The monoisotopic (exact) mass is 336 g/mol. The number of fused-ring (bicyclic) bond motifs is 1. The Bertz CT molecular complexity index is 660. The fourth-order valence-electron chi connectivity index (χ4n) is 4.82. The summed E-state index contributed by atoms with van der Waals surface area (Å²) in [5.74, 6) is 1.64. The molecule has 3 atom stereocenters. The molecule has 0 spiro atoms. The normalized spacial score (nSPS) is 26.7. The zero-order chi connectivity index (χ0) is 17.1. The molecule has 1 saturated carbocycles. The van der Waals surface area contributed by atoms with E-state index in [2.05, 4.69) is 45.0 Å². The van der Waals surface area contributed by atoms with Gasteiger partial charge in [0.15, 0.2) is 0 Å². The lowest BCUT2D eigenvalue weighted by atomic mass is 9.77. The number of hydrogen-bond acceptors (Lipinski definition) is 4. The van der Waals surface area contributed by atoms with Crippen LogP contribution in [0, 0.1) is 11.8 Å². The van der Waals surface area contributed by atoms with Crippen molar-refractivity contribution < 1.29 is 0 Å². The molecule has 0 aromatic carbocycles. The molecule has 2 aliphatic rings. The van der Waals surface area contributed by atoms with Gasteiger partial charge in [-0.05, 0) is 55.5 Å². The summed E-state index contributed by atoms with van der Waals surface area (Å²) in [4.78, 5) is 14.0. The zero-order valence-electron chi connectivity index (χ0n) is 15.1. The van der Waals surface area contributed by atoms with Gasteiger partial charge in [0.25, 0.3) is 0 Å². The zero-order valence-corrected chi connectivity index (χ0v) is 15.1. The second-order valence-corrected chi connectivity index (χ2v) is 7.71. The van der Waals surface area contributed by atoms with E-state index < -0.39 is 0 Å². The van der Waals surface area contributed by atoms with Crippen molar-refractivity contribution in [2.45, 2.75) is 38.4 Å². The van der Waals surface area contributed by atoms with Crippen molar-refractivity contribution in [1.29, 1.82) is 0 Å². The van der Waals surface area contributed by atoms with Gasteiger partial charge in [-0.2, -0.15) is 0 Å². The third kappa shape index (κ3) is 3.91. The molecule has 2 aromatic rings. The van der Waals surface area contributed by atoms with E-state index >= 15 is 0 Å². The van der Waals surface area contributed by atoms with Crippen molar-refractivity contribution in [2.24, 2.45) is 11.8 Å². The molecule has 25 heavy (non-hydrogen) atoms. The molecule has 132 valence electrons. The van der Waals surface area contributed by atoms with E-state index in [9.17, 15) is 0 Å². The Hall–Kier alpha value is -1.78. The van der Waals surface area contributed by atoms with Crippen molar-refractivity contribution in [1.82, 2.24) is 19.8 Å². The molecule has 0 radical (unpaired) electrons. The summed E-state index contributed by atoms with van der Waals surface area (Å²) in [7, 11) is 2.28. The Kier molecular flexibility index (Phi) is 5.09. The Balaban J connectivity index is 1.40. The number of likely N-dealkylation sites (tertiary alicyclic amines) is 1. The smallest absolute Gasteiger partial charge is 0.0543 e. The van der Waals surface area contributed by atoms with Crippen LogP contribution < -0.4 is 0 Å². The number of nitrogens with zero attached hydrogens (tertiary/aromatic N) is 4. The number of hydrogen-bond donors (Lipinski definition) is 0. The van der Waals surface area contributed by atoms with E-state index in [4.69, 9.17) is 0 Å². The second-order valence-electron chi connectivity index (χ2n) is 7.71. The predicted octanol–water partition coefficient (Wildman–Crippen LogP) is 3.21. The average molecular weight is 336 g/mol. The molecule has 4 rings (SSSR count). The second kappa shape index (κ2) is 7.63. The summed E-state index contributed by atoms with van der Waals surface area (Å²) in [6.07, 6.45) is 9.84. The van der Waals surface area contributed by atoms with Crippen LogP contribution in [0.1, 0.15) is 30.5 Å². The van der Waals surface area contributed by atoms with E-state index in [1.54, 1.807) is 0 Å². The lowest BCUT2D eigenvalue weighted by molar-refractivity contribution is 0.104. The summed E-state index contributed by atoms with van der Waals surface area (Å²) in [5, 5.41) is 0. The topological polar surface area (TPSA) is 32.3 Å². The summed E-state index contributed by atoms with van der Waals surface area (Å²) in [6.45, 7) is 4.46. The van der Waals surface area contributed by atoms with Gasteiger partial charge in [-0.1, -0.05) is 18.6 Å². The quantitative estimate of drug-likeness (QED) is 0.839. The van der Waals surface area contributed by atoms with Gasteiger partial charge in [-0.3, -0.25) is 19.8 Å². The highest BCUT2D eigenvalue weighted by atomic mass is 15.2. The minimum atomic E-state index is 0.680. The number of pyridine rings is 2. The molecule has 2 fully saturated rings. The molecular formula is C21H28N4. The van der Waals surface area contributed by atoms with Crippen LogP contribution in [0.15, 0.2) is 48.9 Å². The van der Waals surface area contributed by atoms with Crippen LogP contribution in [0.4, 0.5) is 0 Å². The fraction of sp³-hybridized carbons (Fsp3) is 0.524. The highest BCUT2D eigenvalue weighted by molar-refractivity contribution is 5.09. The minimum Gasteiger partial charge on any atom is -0.298 e. The van der Waals surface area contributed by atoms with Crippen molar-refractivity contribution in [2.75, 3.05) is 20.1 Å². The van der Waals surface area contributed by atoms with E-state index in [0.717, 1.165) is 24.9 Å². The lowest BCUT2D eigenvalue weighted by Gasteiger charge is -2.39. The van der Waals surface area contributed by atoms with Crippen LogP contribution in [0.5, 0.6) is 0 Å². The molecule has 3 heterocycles. The maximum Gasteiger partial charge on any atom is 0.0543 e. The summed E-state index contributed by atoms with van der Waals surface area (Å²) >= 11 is 0. The Labute approximate surface area is 150 Å². The van der Waals surface area contributed by atoms with E-state index in [0.29, 0.717) is 6.04 Å². The van der Waals surface area contributed by atoms with Gasteiger partial charge in [-0.15, -0.1) is 0 Å². The molecule has 0 unspecified atom stereocenters. The highest BCUT2D eigenvalue weighted by Gasteiger charge is 2.41. The molecule has 2 aromatic heterocycles. The van der Waals surface area contributed by atoms with E-state index in [1.165, 1.54) is 43.6 Å². The lowest BCUT2D eigenvalue weighted by Crippen LogP contribution is -2.43. The molecule has 4 heteroatoms. The predicted molar refractivity (Wildman–Crippen MR) is 99.8 cm³/mol. The molecule has 0 bridgehead atoms. The van der Waals surface area contributed by atoms with Crippen molar-refractivity contribution in [3.8, 4) is 0 Å². The summed E-state index contributed by atoms with van der Waals surface area (Å²) in [6, 6.07) is 11.1. The first kappa shape index (κ1) is 16.7. The third-order valence-corrected chi connectivity index (χ3v) is 5.97. The van der Waals surface area contributed by atoms with Crippen LogP contribution >= 0.6 is 0 Å². The molecule has 4 nitrogen and oxygen atoms in total. The Morgan fingerprint density at radius 1 is 1.12 bits per heavy atom. The van der Waals surface area contributed by atoms with Gasteiger partial charge in [0, 0.05) is 50.8 Å². The van der Waals surface area contributed by atoms with Gasteiger partial charge in [-0.25, -0.2) is 0 Å². The Morgan fingerprint density at radius 2 is 2.08 bits per heavy atom. The van der Waals surface area contributed by atoms with Crippen LogP contribution in [0.3, 0.4) is 0 Å². The molecule has 1 aliphatic heterocycles. The Morgan fingerprint density at radius 3 is 2.88 bits per heavy atom. The highest BCUT2D eigenvalue weighted by Crippen LogP contribution is 2.39. The SMILES string of the molecule is CN(Cc1ccccn1)[C@@H]1CCC[C@@H]2CN(Cc3cccnc3)C[C@@H]21. The summed E-state index contributed by atoms with van der Waals surface area (Å²) in [5.41, 5.74) is 2.51. The molecule has 1 aliphatic carbocycles. The maximum atomic E-state index is 4.51. The number of rotatable bonds is 5. The van der Waals surface area contributed by atoms with Gasteiger partial charge in [0.05, 0.1) is 5.69 Å². The average Bonchev–Trinajstić information content (AvgIpc) is 3.05. The summed E-state index contributed by atoms with van der Waals surface area (Å²) < 4.78 is 0. The first-order chi connectivity index (χ1) is 12.3. The van der Waals surface area contributed by atoms with Crippen molar-refractivity contribution in [3.05, 3.63) is 60.2 Å². The van der Waals surface area contributed by atoms with Gasteiger partial charge in [0.1, 0.15) is 0 Å². The van der Waals surface area contributed by atoms with Crippen LogP contribution in [0.2, 0.25) is 0 Å². The van der Waals surface area contributed by atoms with Crippen LogP contribution in [0.25, 0.3) is 0 Å². The van der Waals surface area contributed by atoms with E-state index in [-0.39, 0.29) is 0 Å². The van der Waals surface area contributed by atoms with Crippen LogP contribution in [-0.2, 0) is 13.1 Å². The first-order valence-corrected chi connectivity index (χ1v) is 9.51. The molecular weight excluding hydrogens is 308 g/mol. The van der Waals surface area contributed by atoms with Gasteiger partial charge in [0.2, 0.25) is 0 Å². The largest absolute Gasteiger partial charge is 0.298 e. The number of aromatic nitrogens is 2. The first-order valence-electron chi connectivity index (χ1n) is 9.51. The van der Waals surface area contributed by atoms with Gasteiger partial charge >= 0.3 is 0 Å². The molecule has 0 amide bonds. The fourth-order valence-corrected chi connectivity index (χ4v) is 4.82. The van der Waals surface area contributed by atoms with Gasteiger partial charge < -0.3 is 0 Å². The third-order valence-electron chi connectivity index (χ3n) is 5.97. The van der Waals surface area contributed by atoms with E-state index in [1.807, 2.05) is 30.7 Å². The van der Waals surface area contributed by atoms with Crippen LogP contribution in [-0.4, -0.2) is 45.9 Å². The van der Waals surface area contributed by atoms with Crippen molar-refractivity contribution in [3.63, 3.8) is 0 Å². The molecule has 1 saturated heterocycles. The maximum absolute atomic E-state index is 4.51.